The Kier molecular flexibility index (Phi) is 12.4. The van der Waals surface area contributed by atoms with Crippen molar-refractivity contribution in [3.05, 3.63) is 95.8 Å². The second-order valence-electron chi connectivity index (χ2n) is 13.4. The standard InChI is InChI=1S/C36H48FN5O5S/c1-24(2)22-42(48(46,47)30-15-13-29(38)14-16-30)23-32(43)31(19-26-9-6-5-7-10-26)40-35(45)34(25(3)4)41-33(44)21-39-36(17-18-36)27-11-8-12-28(37)20-27/h5-16,20,24-25,31-32,34,39,43H,17-19,21-23,38H2,1-4H3,(H,40,45)(H,41,44)/t31-,32+,34-/m0/s1. The smallest absolute Gasteiger partial charge is 0.243 e. The van der Waals surface area contributed by atoms with Gasteiger partial charge in [0.2, 0.25) is 21.8 Å². The third-order valence-electron chi connectivity index (χ3n) is 8.55. The molecule has 0 aromatic heterocycles. The van der Waals surface area contributed by atoms with E-state index in [4.69, 9.17) is 5.73 Å². The molecule has 1 fully saturated rings. The topological polar surface area (TPSA) is 154 Å². The fraction of sp³-hybridized carbons (Fsp3) is 0.444. The third-order valence-corrected chi connectivity index (χ3v) is 10.4. The van der Waals surface area contributed by atoms with Crippen molar-refractivity contribution in [2.45, 2.75) is 75.6 Å². The Labute approximate surface area is 283 Å². The predicted octanol–water partition coefficient (Wildman–Crippen LogP) is 3.56. The minimum atomic E-state index is -4.00. The van der Waals surface area contributed by atoms with Crippen LogP contribution in [-0.2, 0) is 31.6 Å². The van der Waals surface area contributed by atoms with E-state index in [0.29, 0.717) is 5.69 Å². The van der Waals surface area contributed by atoms with Gasteiger partial charge in [-0.15, -0.1) is 0 Å². The van der Waals surface area contributed by atoms with Crippen LogP contribution < -0.4 is 21.7 Å². The number of anilines is 1. The number of nitrogen functional groups attached to an aromatic ring is 1. The number of nitrogens with one attached hydrogen (secondary N) is 3. The molecule has 1 aliphatic carbocycles. The first-order valence-electron chi connectivity index (χ1n) is 16.4. The van der Waals surface area contributed by atoms with E-state index in [9.17, 15) is 27.5 Å². The fourth-order valence-corrected chi connectivity index (χ4v) is 7.34. The van der Waals surface area contributed by atoms with Crippen LogP contribution in [0.2, 0.25) is 0 Å². The quantitative estimate of drug-likeness (QED) is 0.137. The van der Waals surface area contributed by atoms with Gasteiger partial charge in [-0.1, -0.05) is 70.2 Å². The molecule has 3 aromatic carbocycles. The molecule has 0 radical (unpaired) electrons. The highest BCUT2D eigenvalue weighted by atomic mass is 32.2. The van der Waals surface area contributed by atoms with E-state index < -0.39 is 45.6 Å². The van der Waals surface area contributed by atoms with Crippen molar-refractivity contribution >= 4 is 27.5 Å². The van der Waals surface area contributed by atoms with Gasteiger partial charge in [0, 0.05) is 24.3 Å². The first kappa shape index (κ1) is 37.0. The Balaban J connectivity index is 1.49. The number of carbonyl (C=O) groups is 2. The Morgan fingerprint density at radius 3 is 2.19 bits per heavy atom. The van der Waals surface area contributed by atoms with Crippen molar-refractivity contribution in [1.82, 2.24) is 20.3 Å². The van der Waals surface area contributed by atoms with Gasteiger partial charge >= 0.3 is 0 Å². The van der Waals surface area contributed by atoms with E-state index >= 15 is 0 Å². The van der Waals surface area contributed by atoms with Gasteiger partial charge < -0.3 is 21.5 Å². The summed E-state index contributed by atoms with van der Waals surface area (Å²) in [7, 11) is -4.00. The molecule has 1 saturated carbocycles. The van der Waals surface area contributed by atoms with Crippen LogP contribution in [0.25, 0.3) is 0 Å². The Hall–Kier alpha value is -3.84. The van der Waals surface area contributed by atoms with Gasteiger partial charge in [-0.3, -0.25) is 14.9 Å². The molecule has 3 aromatic rings. The van der Waals surface area contributed by atoms with Gasteiger partial charge in [0.25, 0.3) is 0 Å². The molecule has 4 rings (SSSR count). The molecule has 260 valence electrons. The number of hydrogen-bond donors (Lipinski definition) is 5. The van der Waals surface area contributed by atoms with Crippen LogP contribution in [0.15, 0.2) is 83.8 Å². The van der Waals surface area contributed by atoms with Gasteiger partial charge in [-0.2, -0.15) is 4.31 Å². The predicted molar refractivity (Wildman–Crippen MR) is 185 cm³/mol. The Morgan fingerprint density at radius 1 is 0.938 bits per heavy atom. The lowest BCUT2D eigenvalue weighted by Crippen LogP contribution is -2.57. The van der Waals surface area contributed by atoms with E-state index in [1.165, 1.54) is 40.7 Å². The maximum atomic E-state index is 13.8. The average Bonchev–Trinajstić information content (AvgIpc) is 3.83. The maximum absolute atomic E-state index is 13.8. The molecule has 12 heteroatoms. The largest absolute Gasteiger partial charge is 0.399 e. The van der Waals surface area contributed by atoms with E-state index in [1.807, 2.05) is 50.2 Å². The normalized spacial score (nSPS) is 16.0. The average molecular weight is 682 g/mol. The number of hydrogen-bond acceptors (Lipinski definition) is 7. The first-order chi connectivity index (χ1) is 22.7. The number of carbonyl (C=O) groups excluding carboxylic acids is 2. The van der Waals surface area contributed by atoms with Crippen LogP contribution in [0.3, 0.4) is 0 Å². The van der Waals surface area contributed by atoms with E-state index in [2.05, 4.69) is 16.0 Å². The summed E-state index contributed by atoms with van der Waals surface area (Å²) in [5.41, 5.74) is 7.34. The van der Waals surface area contributed by atoms with Crippen LogP contribution in [0.4, 0.5) is 10.1 Å². The van der Waals surface area contributed by atoms with Crippen molar-refractivity contribution in [2.24, 2.45) is 11.8 Å². The first-order valence-corrected chi connectivity index (χ1v) is 17.8. The van der Waals surface area contributed by atoms with E-state index in [0.717, 1.165) is 24.0 Å². The number of benzene rings is 3. The Morgan fingerprint density at radius 2 is 1.60 bits per heavy atom. The summed E-state index contributed by atoms with van der Waals surface area (Å²) in [6.45, 7) is 7.18. The molecule has 1 aliphatic rings. The van der Waals surface area contributed by atoms with E-state index in [1.54, 1.807) is 19.9 Å². The molecule has 3 atom stereocenters. The minimum absolute atomic E-state index is 0.0484. The van der Waals surface area contributed by atoms with Crippen LogP contribution in [-0.4, -0.2) is 67.5 Å². The lowest BCUT2D eigenvalue weighted by molar-refractivity contribution is -0.130. The van der Waals surface area contributed by atoms with Gasteiger partial charge in [0.1, 0.15) is 11.9 Å². The van der Waals surface area contributed by atoms with E-state index in [-0.39, 0.29) is 48.6 Å². The number of nitrogens with zero attached hydrogens (tertiary/aromatic N) is 1. The van der Waals surface area contributed by atoms with Crippen LogP contribution in [0.1, 0.15) is 51.7 Å². The van der Waals surface area contributed by atoms with Gasteiger partial charge in [-0.25, -0.2) is 12.8 Å². The van der Waals surface area contributed by atoms with Gasteiger partial charge in [0.15, 0.2) is 0 Å². The number of nitrogens with two attached hydrogens (primary N) is 1. The zero-order valence-electron chi connectivity index (χ0n) is 28.0. The second-order valence-corrected chi connectivity index (χ2v) is 15.3. The molecular formula is C36H48FN5O5S. The molecule has 0 unspecified atom stereocenters. The zero-order valence-corrected chi connectivity index (χ0v) is 28.8. The SMILES string of the molecule is CC(C)CN(C[C@@H](O)[C@H](Cc1ccccc1)NC(=O)[C@@H](NC(=O)CNC1(c2cccc(F)c2)CC1)C(C)C)S(=O)(=O)c1ccc(N)cc1. The highest BCUT2D eigenvalue weighted by Crippen LogP contribution is 2.45. The summed E-state index contributed by atoms with van der Waals surface area (Å²) in [4.78, 5) is 26.9. The highest BCUT2D eigenvalue weighted by molar-refractivity contribution is 7.89. The van der Waals surface area contributed by atoms with Crippen LogP contribution in [0, 0.1) is 17.7 Å². The molecule has 0 spiro atoms. The third kappa shape index (κ3) is 9.85. The molecule has 48 heavy (non-hydrogen) atoms. The van der Waals surface area contributed by atoms with Gasteiger partial charge in [-0.05, 0) is 78.6 Å². The second kappa shape index (κ2) is 16.0. The van der Waals surface area contributed by atoms with Crippen molar-refractivity contribution < 1.29 is 27.5 Å². The summed E-state index contributed by atoms with van der Waals surface area (Å²) in [5.74, 6) is -1.59. The molecule has 10 nitrogen and oxygen atoms in total. The van der Waals surface area contributed by atoms with Crippen LogP contribution >= 0.6 is 0 Å². The molecular weight excluding hydrogens is 633 g/mol. The Bertz CT molecular complexity index is 1630. The fourth-order valence-electron chi connectivity index (χ4n) is 5.71. The summed E-state index contributed by atoms with van der Waals surface area (Å²) in [6.07, 6.45) is 0.460. The monoisotopic (exact) mass is 681 g/mol. The van der Waals surface area contributed by atoms with Crippen molar-refractivity contribution in [1.29, 1.82) is 0 Å². The summed E-state index contributed by atoms with van der Waals surface area (Å²) in [5, 5.41) is 20.6. The van der Waals surface area contributed by atoms with Crippen molar-refractivity contribution in [3.8, 4) is 0 Å². The minimum Gasteiger partial charge on any atom is -0.399 e. The molecule has 0 saturated heterocycles. The van der Waals surface area contributed by atoms with Crippen LogP contribution in [0.5, 0.6) is 0 Å². The van der Waals surface area contributed by atoms with Crippen molar-refractivity contribution in [3.63, 3.8) is 0 Å². The lowest BCUT2D eigenvalue weighted by atomic mass is 9.98. The molecule has 6 N–H and O–H groups in total. The summed E-state index contributed by atoms with van der Waals surface area (Å²) in [6, 6.07) is 19.7. The summed E-state index contributed by atoms with van der Waals surface area (Å²) < 4.78 is 42.5. The number of sulfonamides is 1. The zero-order chi connectivity index (χ0) is 35.1. The molecule has 0 bridgehead atoms. The number of aliphatic hydroxyl groups is 1. The summed E-state index contributed by atoms with van der Waals surface area (Å²) >= 11 is 0. The maximum Gasteiger partial charge on any atom is 0.243 e. The highest BCUT2D eigenvalue weighted by Gasteiger charge is 2.44. The molecule has 0 aliphatic heterocycles. The number of rotatable bonds is 17. The molecule has 0 heterocycles. The number of halogens is 1. The molecule has 2 amide bonds. The number of amides is 2. The van der Waals surface area contributed by atoms with Gasteiger partial charge in [0.05, 0.1) is 23.6 Å². The number of aliphatic hydroxyl groups excluding tert-OH is 1. The lowest BCUT2D eigenvalue weighted by Gasteiger charge is -2.32. The van der Waals surface area contributed by atoms with Crippen molar-refractivity contribution in [2.75, 3.05) is 25.4 Å².